The van der Waals surface area contributed by atoms with Gasteiger partial charge in [-0.1, -0.05) is 0 Å². The second-order valence-electron chi connectivity index (χ2n) is 4.18. The summed E-state index contributed by atoms with van der Waals surface area (Å²) in [6, 6.07) is 3.41. The van der Waals surface area contributed by atoms with E-state index in [0.29, 0.717) is 5.88 Å². The second kappa shape index (κ2) is 5.06. The zero-order chi connectivity index (χ0) is 13.3. The van der Waals surface area contributed by atoms with Crippen LogP contribution >= 0.6 is 11.6 Å². The van der Waals surface area contributed by atoms with Crippen LogP contribution in [0, 0.1) is 25.5 Å². The molecule has 5 heteroatoms. The van der Waals surface area contributed by atoms with Gasteiger partial charge in [0.05, 0.1) is 18.1 Å². The fraction of sp³-hybridized carbons (Fsp3) is 0.308. The standard InChI is InChI=1S/C13H13ClF2N2/c1-8-12(6-14)9(2)18(17-8)7-10-5-11(15)3-4-13(10)16/h3-5H,6-7H2,1-2H3. The highest BCUT2D eigenvalue weighted by Gasteiger charge is 2.12. The van der Waals surface area contributed by atoms with E-state index in [1.165, 1.54) is 6.07 Å². The largest absolute Gasteiger partial charge is 0.265 e. The molecule has 0 aliphatic heterocycles. The number of rotatable bonds is 3. The van der Waals surface area contributed by atoms with Gasteiger partial charge in [-0.3, -0.25) is 4.68 Å². The molecule has 1 aromatic carbocycles. The lowest BCUT2D eigenvalue weighted by Crippen LogP contribution is -2.06. The smallest absolute Gasteiger partial charge is 0.128 e. The summed E-state index contributed by atoms with van der Waals surface area (Å²) in [7, 11) is 0. The van der Waals surface area contributed by atoms with Crippen molar-refractivity contribution in [1.82, 2.24) is 9.78 Å². The van der Waals surface area contributed by atoms with E-state index in [0.717, 1.165) is 29.1 Å². The van der Waals surface area contributed by atoms with E-state index in [-0.39, 0.29) is 12.1 Å². The molecule has 2 rings (SSSR count). The summed E-state index contributed by atoms with van der Waals surface area (Å²) in [5.74, 6) is -0.523. The van der Waals surface area contributed by atoms with E-state index in [1.807, 2.05) is 13.8 Å². The van der Waals surface area contributed by atoms with Gasteiger partial charge < -0.3 is 0 Å². The molecule has 0 spiro atoms. The van der Waals surface area contributed by atoms with Crippen LogP contribution < -0.4 is 0 Å². The summed E-state index contributed by atoms with van der Waals surface area (Å²) < 4.78 is 28.3. The molecule has 0 saturated heterocycles. The molecule has 0 saturated carbocycles. The summed E-state index contributed by atoms with van der Waals surface area (Å²) in [6.45, 7) is 3.92. The molecule has 18 heavy (non-hydrogen) atoms. The molecule has 0 aliphatic carbocycles. The summed E-state index contributed by atoms with van der Waals surface area (Å²) in [5.41, 5.74) is 2.92. The Labute approximate surface area is 109 Å². The zero-order valence-electron chi connectivity index (χ0n) is 10.2. The first-order valence-corrected chi connectivity index (χ1v) is 6.09. The Bertz CT molecular complexity index is 579. The van der Waals surface area contributed by atoms with Crippen molar-refractivity contribution in [3.8, 4) is 0 Å². The Morgan fingerprint density at radius 3 is 2.61 bits per heavy atom. The zero-order valence-corrected chi connectivity index (χ0v) is 10.9. The number of alkyl halides is 1. The maximum Gasteiger partial charge on any atom is 0.128 e. The van der Waals surface area contributed by atoms with Gasteiger partial charge in [-0.05, 0) is 32.0 Å². The molecule has 0 unspecified atom stereocenters. The maximum atomic E-state index is 13.5. The minimum Gasteiger partial charge on any atom is -0.265 e. The lowest BCUT2D eigenvalue weighted by molar-refractivity contribution is 0.561. The molecule has 1 aromatic heterocycles. The van der Waals surface area contributed by atoms with Crippen molar-refractivity contribution >= 4 is 11.6 Å². The van der Waals surface area contributed by atoms with Crippen molar-refractivity contribution in [3.05, 3.63) is 52.3 Å². The number of nitrogens with zero attached hydrogens (tertiary/aromatic N) is 2. The van der Waals surface area contributed by atoms with Crippen molar-refractivity contribution in [3.63, 3.8) is 0 Å². The third-order valence-electron chi connectivity index (χ3n) is 2.99. The molecule has 1 heterocycles. The van der Waals surface area contributed by atoms with Crippen molar-refractivity contribution in [1.29, 1.82) is 0 Å². The van der Waals surface area contributed by atoms with Gasteiger partial charge in [0.25, 0.3) is 0 Å². The Balaban J connectivity index is 2.37. The van der Waals surface area contributed by atoms with Crippen LogP contribution in [0.1, 0.15) is 22.5 Å². The molecule has 96 valence electrons. The van der Waals surface area contributed by atoms with Crippen molar-refractivity contribution in [2.75, 3.05) is 0 Å². The molecular weight excluding hydrogens is 258 g/mol. The molecule has 2 nitrogen and oxygen atoms in total. The van der Waals surface area contributed by atoms with Gasteiger partial charge in [0.2, 0.25) is 0 Å². The lowest BCUT2D eigenvalue weighted by Gasteiger charge is -2.06. The highest BCUT2D eigenvalue weighted by molar-refractivity contribution is 6.17. The average Bonchev–Trinajstić information content (AvgIpc) is 2.59. The second-order valence-corrected chi connectivity index (χ2v) is 4.44. The van der Waals surface area contributed by atoms with Crippen LogP contribution in [0.2, 0.25) is 0 Å². The van der Waals surface area contributed by atoms with Crippen LogP contribution in [0.4, 0.5) is 8.78 Å². The number of aryl methyl sites for hydroxylation is 1. The molecule has 0 amide bonds. The molecule has 0 radical (unpaired) electrons. The highest BCUT2D eigenvalue weighted by Crippen LogP contribution is 2.18. The molecule has 2 aromatic rings. The quantitative estimate of drug-likeness (QED) is 0.780. The molecule has 0 fully saturated rings. The van der Waals surface area contributed by atoms with Crippen LogP contribution in [0.15, 0.2) is 18.2 Å². The molecule has 0 aliphatic rings. The normalized spacial score (nSPS) is 10.9. The number of aromatic nitrogens is 2. The summed E-state index contributed by atoms with van der Waals surface area (Å²) in [4.78, 5) is 0. The van der Waals surface area contributed by atoms with Crippen LogP contribution in [0.3, 0.4) is 0 Å². The van der Waals surface area contributed by atoms with E-state index in [1.54, 1.807) is 4.68 Å². The predicted molar refractivity (Wildman–Crippen MR) is 66.7 cm³/mol. The van der Waals surface area contributed by atoms with Gasteiger partial charge in [-0.15, -0.1) is 11.6 Å². The summed E-state index contributed by atoms with van der Waals surface area (Å²) in [6.07, 6.45) is 0. The van der Waals surface area contributed by atoms with Gasteiger partial charge in [-0.25, -0.2) is 8.78 Å². The lowest BCUT2D eigenvalue weighted by atomic mass is 10.2. The monoisotopic (exact) mass is 270 g/mol. The van der Waals surface area contributed by atoms with Crippen LogP contribution in [-0.4, -0.2) is 9.78 Å². The third kappa shape index (κ3) is 2.38. The van der Waals surface area contributed by atoms with Crippen LogP contribution in [0.5, 0.6) is 0 Å². The topological polar surface area (TPSA) is 17.8 Å². The van der Waals surface area contributed by atoms with E-state index >= 15 is 0 Å². The van der Waals surface area contributed by atoms with Crippen molar-refractivity contribution in [2.24, 2.45) is 0 Å². The molecular formula is C13H13ClF2N2. The first kappa shape index (κ1) is 13.0. The van der Waals surface area contributed by atoms with Crippen molar-refractivity contribution < 1.29 is 8.78 Å². The van der Waals surface area contributed by atoms with Gasteiger partial charge >= 0.3 is 0 Å². The Kier molecular flexibility index (Phi) is 3.66. The SMILES string of the molecule is Cc1nn(Cc2cc(F)ccc2F)c(C)c1CCl. The maximum absolute atomic E-state index is 13.5. The van der Waals surface area contributed by atoms with Gasteiger partial charge in [0.15, 0.2) is 0 Å². The fourth-order valence-corrected chi connectivity index (χ4v) is 2.29. The number of hydrogen-bond donors (Lipinski definition) is 0. The molecule has 0 atom stereocenters. The number of benzene rings is 1. The predicted octanol–water partition coefficient (Wildman–Crippen LogP) is 3.57. The fourth-order valence-electron chi connectivity index (χ4n) is 1.91. The van der Waals surface area contributed by atoms with E-state index in [9.17, 15) is 8.78 Å². The summed E-state index contributed by atoms with van der Waals surface area (Å²) in [5, 5.41) is 4.29. The van der Waals surface area contributed by atoms with Crippen molar-refractivity contribution in [2.45, 2.75) is 26.3 Å². The molecule has 0 bridgehead atoms. The van der Waals surface area contributed by atoms with Gasteiger partial charge in [0.1, 0.15) is 11.6 Å². The van der Waals surface area contributed by atoms with E-state index in [4.69, 9.17) is 11.6 Å². The Morgan fingerprint density at radius 2 is 2.00 bits per heavy atom. The van der Waals surface area contributed by atoms with Gasteiger partial charge in [0, 0.05) is 16.8 Å². The highest BCUT2D eigenvalue weighted by atomic mass is 35.5. The molecule has 0 N–H and O–H groups in total. The minimum atomic E-state index is -0.453. The average molecular weight is 271 g/mol. The number of halogens is 3. The van der Waals surface area contributed by atoms with Crippen LogP contribution in [0.25, 0.3) is 0 Å². The first-order valence-electron chi connectivity index (χ1n) is 5.55. The van der Waals surface area contributed by atoms with Crippen LogP contribution in [-0.2, 0) is 12.4 Å². The third-order valence-corrected chi connectivity index (χ3v) is 3.26. The van der Waals surface area contributed by atoms with E-state index < -0.39 is 11.6 Å². The summed E-state index contributed by atoms with van der Waals surface area (Å²) >= 11 is 5.82. The Hall–Kier alpha value is -1.42. The minimum absolute atomic E-state index is 0.202. The van der Waals surface area contributed by atoms with E-state index in [2.05, 4.69) is 5.10 Å². The van der Waals surface area contributed by atoms with Gasteiger partial charge in [-0.2, -0.15) is 5.10 Å². The Morgan fingerprint density at radius 1 is 1.28 bits per heavy atom. The number of hydrogen-bond acceptors (Lipinski definition) is 1. The first-order chi connectivity index (χ1) is 8.52.